The molecule has 180 valence electrons. The van der Waals surface area contributed by atoms with Crippen LogP contribution in [0.15, 0.2) is 91.3 Å². The molecule has 0 atom stereocenters. The Bertz CT molecular complexity index is 1560. The van der Waals surface area contributed by atoms with Gasteiger partial charge in [0.2, 0.25) is 0 Å². The van der Waals surface area contributed by atoms with Gasteiger partial charge in [0.25, 0.3) is 5.91 Å². The van der Waals surface area contributed by atoms with Crippen molar-refractivity contribution in [1.82, 2.24) is 14.6 Å². The summed E-state index contributed by atoms with van der Waals surface area (Å²) in [6, 6.07) is 20.7. The molecule has 9 heteroatoms. The van der Waals surface area contributed by atoms with Crippen LogP contribution in [0.3, 0.4) is 0 Å². The summed E-state index contributed by atoms with van der Waals surface area (Å²) < 4.78 is 46.0. The highest BCUT2D eigenvalue weighted by Gasteiger charge is 2.30. The summed E-state index contributed by atoms with van der Waals surface area (Å²) in [5.41, 5.74) is 3.36. The maximum Gasteiger partial charge on any atom is 0.416 e. The number of amides is 1. The molecule has 1 amide bonds. The number of carbonyl (C=O) groups is 1. The number of fused-ring (bicyclic) bond motifs is 1. The highest BCUT2D eigenvalue weighted by atomic mass is 19.4. The Morgan fingerprint density at radius 2 is 1.72 bits per heavy atom. The molecule has 0 unspecified atom stereocenters. The second-order valence-corrected chi connectivity index (χ2v) is 7.97. The Morgan fingerprint density at radius 1 is 0.944 bits per heavy atom. The second-order valence-electron chi connectivity index (χ2n) is 7.97. The number of benzene rings is 3. The van der Waals surface area contributed by atoms with Crippen LogP contribution in [-0.4, -0.2) is 27.6 Å². The molecule has 0 spiro atoms. The summed E-state index contributed by atoms with van der Waals surface area (Å²) in [5, 5.41) is 7.19. The normalized spacial score (nSPS) is 11.4. The molecule has 0 radical (unpaired) electrons. The van der Waals surface area contributed by atoms with Crippen LogP contribution in [0.25, 0.3) is 28.0 Å². The van der Waals surface area contributed by atoms with E-state index in [2.05, 4.69) is 15.4 Å². The van der Waals surface area contributed by atoms with Gasteiger partial charge in [-0.1, -0.05) is 30.3 Å². The van der Waals surface area contributed by atoms with Crippen molar-refractivity contribution in [2.75, 3.05) is 12.4 Å². The summed E-state index contributed by atoms with van der Waals surface area (Å²) in [6.45, 7) is 0. The SMILES string of the molecule is COc1ccc(-c2cnn3c(-c4cccc(NC(=O)c5cccc(C(F)(F)F)c5)c4)ccnc23)cc1. The predicted octanol–water partition coefficient (Wildman–Crippen LogP) is 6.34. The number of hydrogen-bond donors (Lipinski definition) is 1. The molecule has 36 heavy (non-hydrogen) atoms. The van der Waals surface area contributed by atoms with Gasteiger partial charge in [-0.15, -0.1) is 0 Å². The van der Waals surface area contributed by atoms with Crippen LogP contribution in [-0.2, 0) is 6.18 Å². The molecular weight excluding hydrogens is 469 g/mol. The lowest BCUT2D eigenvalue weighted by Gasteiger charge is -2.11. The number of anilines is 1. The largest absolute Gasteiger partial charge is 0.497 e. The van der Waals surface area contributed by atoms with Crippen LogP contribution in [0.1, 0.15) is 15.9 Å². The average molecular weight is 488 g/mol. The number of nitrogens with zero attached hydrogens (tertiary/aromatic N) is 3. The Kier molecular flexibility index (Phi) is 5.89. The van der Waals surface area contributed by atoms with E-state index in [-0.39, 0.29) is 5.56 Å². The van der Waals surface area contributed by atoms with Crippen LogP contribution in [0.2, 0.25) is 0 Å². The van der Waals surface area contributed by atoms with Crippen LogP contribution in [0.5, 0.6) is 5.75 Å². The van der Waals surface area contributed by atoms with Gasteiger partial charge in [0, 0.05) is 28.6 Å². The number of aromatic nitrogens is 3. The fourth-order valence-corrected chi connectivity index (χ4v) is 3.88. The minimum Gasteiger partial charge on any atom is -0.497 e. The molecule has 0 bridgehead atoms. The van der Waals surface area contributed by atoms with Gasteiger partial charge in [-0.2, -0.15) is 18.3 Å². The van der Waals surface area contributed by atoms with Crippen molar-refractivity contribution in [1.29, 1.82) is 0 Å². The third kappa shape index (κ3) is 4.50. The van der Waals surface area contributed by atoms with Crippen molar-refractivity contribution in [2.24, 2.45) is 0 Å². The van der Waals surface area contributed by atoms with Gasteiger partial charge < -0.3 is 10.1 Å². The molecule has 0 aliphatic rings. The quantitative estimate of drug-likeness (QED) is 0.313. The summed E-state index contributed by atoms with van der Waals surface area (Å²) >= 11 is 0. The van der Waals surface area contributed by atoms with Crippen molar-refractivity contribution in [2.45, 2.75) is 6.18 Å². The fraction of sp³-hybridized carbons (Fsp3) is 0.0741. The van der Waals surface area contributed by atoms with Crippen LogP contribution in [0, 0.1) is 0 Å². The Morgan fingerprint density at radius 3 is 2.47 bits per heavy atom. The highest BCUT2D eigenvalue weighted by molar-refractivity contribution is 6.04. The number of ether oxygens (including phenoxy) is 1. The van der Waals surface area contributed by atoms with E-state index in [9.17, 15) is 18.0 Å². The maximum atomic E-state index is 13.0. The average Bonchev–Trinajstić information content (AvgIpc) is 3.33. The first-order chi connectivity index (χ1) is 17.3. The summed E-state index contributed by atoms with van der Waals surface area (Å²) in [4.78, 5) is 17.1. The van der Waals surface area contributed by atoms with E-state index in [0.29, 0.717) is 11.3 Å². The van der Waals surface area contributed by atoms with Crippen molar-refractivity contribution in [3.8, 4) is 28.1 Å². The standard InChI is InChI=1S/C27H19F3N4O2/c1-36-22-10-8-17(9-11-22)23-16-32-34-24(12-13-31-25(23)34)18-4-3-7-21(15-18)33-26(35)19-5-2-6-20(14-19)27(28,29)30/h2-16H,1H3,(H,33,35). The van der Waals surface area contributed by atoms with E-state index in [1.165, 1.54) is 12.1 Å². The van der Waals surface area contributed by atoms with Crippen LogP contribution >= 0.6 is 0 Å². The van der Waals surface area contributed by atoms with Gasteiger partial charge in [-0.25, -0.2) is 9.50 Å². The van der Waals surface area contributed by atoms with E-state index in [1.807, 2.05) is 30.3 Å². The molecule has 3 aromatic carbocycles. The Hall–Kier alpha value is -4.66. The first kappa shape index (κ1) is 23.1. The van der Waals surface area contributed by atoms with Crippen molar-refractivity contribution in [3.63, 3.8) is 0 Å². The Labute approximate surface area is 204 Å². The van der Waals surface area contributed by atoms with Gasteiger partial charge in [-0.05, 0) is 54.1 Å². The molecule has 5 aromatic rings. The summed E-state index contributed by atoms with van der Waals surface area (Å²) in [5.74, 6) is 0.104. The van der Waals surface area contributed by atoms with Crippen LogP contribution < -0.4 is 10.1 Å². The van der Waals surface area contributed by atoms with Crippen LogP contribution in [0.4, 0.5) is 18.9 Å². The minimum atomic E-state index is -4.53. The van der Waals surface area contributed by atoms with Gasteiger partial charge in [0.1, 0.15) is 5.75 Å². The monoisotopic (exact) mass is 488 g/mol. The number of nitrogens with one attached hydrogen (secondary N) is 1. The molecule has 2 heterocycles. The third-order valence-electron chi connectivity index (χ3n) is 5.67. The molecule has 5 rings (SSSR count). The zero-order chi connectivity index (χ0) is 25.3. The summed E-state index contributed by atoms with van der Waals surface area (Å²) in [6.07, 6.45) is -1.13. The van der Waals surface area contributed by atoms with Crippen molar-refractivity contribution < 1.29 is 22.7 Å². The van der Waals surface area contributed by atoms with E-state index < -0.39 is 17.6 Å². The molecule has 2 aromatic heterocycles. The zero-order valence-electron chi connectivity index (χ0n) is 19.0. The second kappa shape index (κ2) is 9.18. The molecule has 0 aliphatic carbocycles. The molecular formula is C27H19F3N4O2. The van der Waals surface area contributed by atoms with E-state index >= 15 is 0 Å². The number of rotatable bonds is 5. The lowest BCUT2D eigenvalue weighted by Crippen LogP contribution is -2.14. The Balaban J connectivity index is 1.45. The van der Waals surface area contributed by atoms with E-state index in [0.717, 1.165) is 40.3 Å². The lowest BCUT2D eigenvalue weighted by atomic mass is 10.1. The smallest absolute Gasteiger partial charge is 0.416 e. The molecule has 0 fully saturated rings. The molecule has 1 N–H and O–H groups in total. The summed E-state index contributed by atoms with van der Waals surface area (Å²) in [7, 11) is 1.61. The molecule has 0 aliphatic heterocycles. The first-order valence-electron chi connectivity index (χ1n) is 10.9. The molecule has 6 nitrogen and oxygen atoms in total. The zero-order valence-corrected chi connectivity index (χ0v) is 19.0. The minimum absolute atomic E-state index is 0.0854. The van der Waals surface area contributed by atoms with Crippen molar-refractivity contribution >= 4 is 17.2 Å². The highest BCUT2D eigenvalue weighted by Crippen LogP contribution is 2.31. The maximum absolute atomic E-state index is 13.0. The van der Waals surface area contributed by atoms with Gasteiger partial charge in [0.15, 0.2) is 5.65 Å². The number of methoxy groups -OCH3 is 1. The fourth-order valence-electron chi connectivity index (χ4n) is 3.88. The first-order valence-corrected chi connectivity index (χ1v) is 10.9. The third-order valence-corrected chi connectivity index (χ3v) is 5.67. The molecule has 0 saturated carbocycles. The lowest BCUT2D eigenvalue weighted by molar-refractivity contribution is -0.137. The van der Waals surface area contributed by atoms with Gasteiger partial charge in [-0.3, -0.25) is 4.79 Å². The molecule has 0 saturated heterocycles. The van der Waals surface area contributed by atoms with Gasteiger partial charge in [0.05, 0.1) is 24.6 Å². The van der Waals surface area contributed by atoms with E-state index in [4.69, 9.17) is 4.74 Å². The number of halogens is 3. The topological polar surface area (TPSA) is 68.5 Å². The van der Waals surface area contributed by atoms with Crippen molar-refractivity contribution in [3.05, 3.63) is 102 Å². The number of alkyl halides is 3. The number of hydrogen-bond acceptors (Lipinski definition) is 4. The predicted molar refractivity (Wildman–Crippen MR) is 130 cm³/mol. The number of carbonyl (C=O) groups excluding carboxylic acids is 1. The van der Waals surface area contributed by atoms with Gasteiger partial charge >= 0.3 is 6.18 Å². The van der Waals surface area contributed by atoms with E-state index in [1.54, 1.807) is 48.3 Å².